The highest BCUT2D eigenvalue weighted by atomic mass is 16.5. The topological polar surface area (TPSA) is 91.3 Å². The maximum atomic E-state index is 12.5. The molecule has 5 rings (SSSR count). The van der Waals surface area contributed by atoms with E-state index in [2.05, 4.69) is 61.8 Å². The van der Waals surface area contributed by atoms with Gasteiger partial charge in [-0.2, -0.15) is 0 Å². The molecule has 2 aromatic heterocycles. The summed E-state index contributed by atoms with van der Waals surface area (Å²) in [5.74, 6) is 1.78. The number of aryl methyl sites for hydroxylation is 1. The van der Waals surface area contributed by atoms with Crippen LogP contribution in [0.5, 0.6) is 0 Å². The fourth-order valence-electron chi connectivity index (χ4n) is 7.62. The number of rotatable bonds is 16. The summed E-state index contributed by atoms with van der Waals surface area (Å²) in [5.41, 5.74) is 1.96. The van der Waals surface area contributed by atoms with Crippen LogP contribution in [-0.4, -0.2) is 80.7 Å². The highest BCUT2D eigenvalue weighted by molar-refractivity contribution is 5.82. The Bertz CT molecular complexity index is 1340. The zero-order valence-electron chi connectivity index (χ0n) is 28.9. The molecular weight excluding hydrogens is 574 g/mol. The monoisotopic (exact) mass is 631 g/mol. The van der Waals surface area contributed by atoms with Crippen LogP contribution in [0, 0.1) is 5.41 Å². The molecule has 2 aliphatic heterocycles. The molecule has 1 atom stereocenters. The maximum absolute atomic E-state index is 12.5. The van der Waals surface area contributed by atoms with E-state index in [9.17, 15) is 4.79 Å². The number of likely N-dealkylation sites (tertiary alicyclic amines) is 2. The normalized spacial score (nSPS) is 18.0. The van der Waals surface area contributed by atoms with Crippen molar-refractivity contribution in [3.8, 4) is 0 Å². The van der Waals surface area contributed by atoms with Crippen LogP contribution in [0.3, 0.4) is 0 Å². The highest BCUT2D eigenvalue weighted by Crippen LogP contribution is 2.41. The second-order valence-corrected chi connectivity index (χ2v) is 14.1. The Balaban J connectivity index is 1.12. The zero-order valence-corrected chi connectivity index (χ0v) is 28.9. The molecule has 1 spiro atoms. The number of ether oxygens (including phenoxy) is 1. The summed E-state index contributed by atoms with van der Waals surface area (Å²) in [7, 11) is 0. The second kappa shape index (κ2) is 15.7. The van der Waals surface area contributed by atoms with E-state index in [1.807, 2.05) is 45.3 Å². The van der Waals surface area contributed by atoms with Gasteiger partial charge in [0.25, 0.3) is 0 Å². The summed E-state index contributed by atoms with van der Waals surface area (Å²) in [6, 6.07) is 9.00. The average Bonchev–Trinajstić information content (AvgIpc) is 3.84. The van der Waals surface area contributed by atoms with Gasteiger partial charge in [0.05, 0.1) is 18.1 Å². The SMILES string of the molecule is CCOC(=O)C(C)(C)c1ccc(CNC(Cc2nccn2CCCN2CCC3(CCN(C(CC)CC)CC3)C2)c2ncc[nH]2)cc1. The molecular formula is C37H57N7O2. The summed E-state index contributed by atoms with van der Waals surface area (Å²) in [5, 5.41) is 3.71. The first-order valence-corrected chi connectivity index (χ1v) is 17.7. The predicted molar refractivity (Wildman–Crippen MR) is 183 cm³/mol. The van der Waals surface area contributed by atoms with Crippen molar-refractivity contribution >= 4 is 5.97 Å². The lowest BCUT2D eigenvalue weighted by Gasteiger charge is -2.42. The van der Waals surface area contributed by atoms with Crippen molar-refractivity contribution in [2.75, 3.05) is 39.3 Å². The molecule has 0 aliphatic carbocycles. The molecule has 9 heteroatoms. The minimum Gasteiger partial charge on any atom is -0.465 e. The Labute approximate surface area is 276 Å². The summed E-state index contributed by atoms with van der Waals surface area (Å²) in [6.07, 6.45) is 16.2. The van der Waals surface area contributed by atoms with E-state index >= 15 is 0 Å². The summed E-state index contributed by atoms with van der Waals surface area (Å²) in [4.78, 5) is 30.6. The van der Waals surface area contributed by atoms with Gasteiger partial charge >= 0.3 is 5.97 Å². The number of H-pyrrole nitrogens is 1. The van der Waals surface area contributed by atoms with E-state index < -0.39 is 5.41 Å². The molecule has 3 aromatic rings. The third-order valence-corrected chi connectivity index (χ3v) is 10.8. The van der Waals surface area contributed by atoms with Gasteiger partial charge in [0, 0.05) is 56.9 Å². The van der Waals surface area contributed by atoms with Crippen LogP contribution in [-0.2, 0) is 34.5 Å². The van der Waals surface area contributed by atoms with Crippen LogP contribution >= 0.6 is 0 Å². The van der Waals surface area contributed by atoms with Crippen LogP contribution in [0.25, 0.3) is 0 Å². The van der Waals surface area contributed by atoms with E-state index in [1.165, 1.54) is 58.3 Å². The molecule has 252 valence electrons. The summed E-state index contributed by atoms with van der Waals surface area (Å²) < 4.78 is 7.61. The molecule has 2 fully saturated rings. The van der Waals surface area contributed by atoms with Gasteiger partial charge in [-0.25, -0.2) is 9.97 Å². The number of hydrogen-bond donors (Lipinski definition) is 2. The van der Waals surface area contributed by atoms with Crippen LogP contribution in [0.2, 0.25) is 0 Å². The molecule has 0 amide bonds. The van der Waals surface area contributed by atoms with E-state index in [-0.39, 0.29) is 12.0 Å². The molecule has 0 bridgehead atoms. The minimum absolute atomic E-state index is 0.00359. The molecule has 1 unspecified atom stereocenters. The summed E-state index contributed by atoms with van der Waals surface area (Å²) >= 11 is 0. The van der Waals surface area contributed by atoms with Gasteiger partial charge in [-0.15, -0.1) is 0 Å². The van der Waals surface area contributed by atoms with Crippen LogP contribution in [0.4, 0.5) is 0 Å². The van der Waals surface area contributed by atoms with Crippen molar-refractivity contribution in [3.63, 3.8) is 0 Å². The molecule has 0 saturated carbocycles. The molecule has 46 heavy (non-hydrogen) atoms. The average molecular weight is 632 g/mol. The van der Waals surface area contributed by atoms with Crippen molar-refractivity contribution in [3.05, 3.63) is 71.8 Å². The number of imidazole rings is 2. The van der Waals surface area contributed by atoms with E-state index in [1.54, 1.807) is 6.20 Å². The molecule has 2 N–H and O–H groups in total. The van der Waals surface area contributed by atoms with Gasteiger partial charge in [0.1, 0.15) is 11.6 Å². The van der Waals surface area contributed by atoms with E-state index in [0.717, 1.165) is 54.7 Å². The van der Waals surface area contributed by atoms with E-state index in [0.29, 0.717) is 18.6 Å². The van der Waals surface area contributed by atoms with Crippen molar-refractivity contribution in [1.82, 2.24) is 34.6 Å². The standard InChI is InChI=1S/C37H57N7O2/c1-6-31(7-2)43-23-15-37(16-24-43)14-22-42(28-37)20-9-21-44-25-19-38-33(44)26-32(34-39-17-18-40-34)41-27-29-10-12-30(13-11-29)36(4,5)35(45)46-8-3/h10-13,17-19,25,31-32,41H,6-9,14-16,20-24,26-28H2,1-5H3,(H,39,40). The number of piperidine rings is 1. The number of aromatic nitrogens is 4. The van der Waals surface area contributed by atoms with Crippen LogP contribution < -0.4 is 5.32 Å². The largest absolute Gasteiger partial charge is 0.465 e. The molecule has 2 saturated heterocycles. The van der Waals surface area contributed by atoms with E-state index in [4.69, 9.17) is 9.72 Å². The number of carbonyl (C=O) groups is 1. The number of aromatic amines is 1. The second-order valence-electron chi connectivity index (χ2n) is 14.1. The van der Waals surface area contributed by atoms with Crippen molar-refractivity contribution < 1.29 is 9.53 Å². The Morgan fingerprint density at radius 3 is 2.43 bits per heavy atom. The van der Waals surface area contributed by atoms with Gasteiger partial charge in [-0.1, -0.05) is 38.1 Å². The number of nitrogens with one attached hydrogen (secondary N) is 2. The highest BCUT2D eigenvalue weighted by Gasteiger charge is 2.41. The fourth-order valence-corrected chi connectivity index (χ4v) is 7.62. The van der Waals surface area contributed by atoms with Crippen LogP contribution in [0.15, 0.2) is 49.1 Å². The first-order valence-electron chi connectivity index (χ1n) is 17.7. The molecule has 1 aromatic carbocycles. The number of esters is 1. The Hall–Kier alpha value is -3.01. The Morgan fingerprint density at radius 2 is 1.76 bits per heavy atom. The quantitative estimate of drug-likeness (QED) is 0.191. The molecule has 4 heterocycles. The molecule has 0 radical (unpaired) electrons. The predicted octanol–water partition coefficient (Wildman–Crippen LogP) is 5.89. The molecule has 2 aliphatic rings. The first kappa shape index (κ1) is 34.3. The number of nitrogens with zero attached hydrogens (tertiary/aromatic N) is 5. The van der Waals surface area contributed by atoms with Crippen LogP contribution in [0.1, 0.15) is 102 Å². The van der Waals surface area contributed by atoms with Crippen molar-refractivity contribution in [2.24, 2.45) is 5.41 Å². The van der Waals surface area contributed by atoms with Gasteiger partial charge in [-0.3, -0.25) is 4.79 Å². The lowest BCUT2D eigenvalue weighted by atomic mass is 9.77. The minimum atomic E-state index is -0.684. The third-order valence-electron chi connectivity index (χ3n) is 10.8. The Kier molecular flexibility index (Phi) is 11.7. The lowest BCUT2D eigenvalue weighted by molar-refractivity contribution is -0.148. The van der Waals surface area contributed by atoms with Crippen molar-refractivity contribution in [1.29, 1.82) is 0 Å². The Morgan fingerprint density at radius 1 is 1.02 bits per heavy atom. The van der Waals surface area contributed by atoms with Gasteiger partial charge in [0.15, 0.2) is 0 Å². The fraction of sp³-hybridized carbons (Fsp3) is 0.649. The number of hydrogen-bond acceptors (Lipinski definition) is 7. The third kappa shape index (κ3) is 8.28. The first-order chi connectivity index (χ1) is 22.3. The number of carbonyl (C=O) groups excluding carboxylic acids is 1. The zero-order chi connectivity index (χ0) is 32.6. The maximum Gasteiger partial charge on any atom is 0.315 e. The summed E-state index contributed by atoms with van der Waals surface area (Å²) in [6.45, 7) is 18.6. The van der Waals surface area contributed by atoms with Gasteiger partial charge in [-0.05, 0) is 102 Å². The van der Waals surface area contributed by atoms with Gasteiger partial charge < -0.3 is 29.4 Å². The van der Waals surface area contributed by atoms with Gasteiger partial charge in [0.2, 0.25) is 0 Å². The number of benzene rings is 1. The smallest absolute Gasteiger partial charge is 0.315 e. The van der Waals surface area contributed by atoms with Crippen molar-refractivity contribution in [2.45, 2.75) is 110 Å². The lowest BCUT2D eigenvalue weighted by Crippen LogP contribution is -2.45. The molecule has 9 nitrogen and oxygen atoms in total.